The van der Waals surface area contributed by atoms with E-state index in [2.05, 4.69) is 33.2 Å². The van der Waals surface area contributed by atoms with Gasteiger partial charge in [-0.25, -0.2) is 9.97 Å². The highest BCUT2D eigenvalue weighted by Crippen LogP contribution is 2.27. The van der Waals surface area contributed by atoms with Crippen molar-refractivity contribution in [3.63, 3.8) is 0 Å². The summed E-state index contributed by atoms with van der Waals surface area (Å²) in [6, 6.07) is -0.143. The quantitative estimate of drug-likeness (QED) is 0.869. The molecule has 0 aromatic carbocycles. The third-order valence-electron chi connectivity index (χ3n) is 4.43. The highest BCUT2D eigenvalue weighted by atomic mass is 35.5. The number of rotatable bonds is 3. The van der Waals surface area contributed by atoms with E-state index in [4.69, 9.17) is 11.6 Å². The van der Waals surface area contributed by atoms with Gasteiger partial charge in [0.15, 0.2) is 11.5 Å². The normalized spacial score (nSPS) is 18.1. The molecular formula is C17H18ClN5O. The molecule has 1 amide bonds. The van der Waals surface area contributed by atoms with Gasteiger partial charge in [0.2, 0.25) is 0 Å². The lowest BCUT2D eigenvalue weighted by atomic mass is 9.98. The average molecular weight is 344 g/mol. The third-order valence-corrected chi connectivity index (χ3v) is 4.81. The lowest BCUT2D eigenvalue weighted by Gasteiger charge is -2.34. The Hall–Kier alpha value is -2.47. The predicted molar refractivity (Wildman–Crippen MR) is 95.5 cm³/mol. The summed E-state index contributed by atoms with van der Waals surface area (Å²) >= 11 is 6.08. The highest BCUT2D eigenvalue weighted by Gasteiger charge is 2.30. The van der Waals surface area contributed by atoms with Crippen LogP contribution in [0.4, 0.5) is 0 Å². The summed E-state index contributed by atoms with van der Waals surface area (Å²) in [6.07, 6.45) is 3.92. The van der Waals surface area contributed by atoms with Crippen LogP contribution in [0.5, 0.6) is 0 Å². The van der Waals surface area contributed by atoms with Crippen molar-refractivity contribution in [2.24, 2.45) is 4.99 Å². The molecule has 0 aliphatic carbocycles. The van der Waals surface area contributed by atoms with E-state index in [-0.39, 0.29) is 17.8 Å². The Morgan fingerprint density at radius 1 is 1.58 bits per heavy atom. The van der Waals surface area contributed by atoms with Crippen LogP contribution >= 0.6 is 11.6 Å². The Bertz CT molecular complexity index is 882. The number of hydrogen-bond acceptors (Lipinski definition) is 4. The number of aryl methyl sites for hydroxylation is 1. The second-order valence-corrected chi connectivity index (χ2v) is 6.11. The van der Waals surface area contributed by atoms with Crippen LogP contribution in [0.15, 0.2) is 35.1 Å². The number of amides is 1. The average Bonchev–Trinajstić information content (AvgIpc) is 3.02. The fourth-order valence-corrected chi connectivity index (χ4v) is 3.14. The van der Waals surface area contributed by atoms with Crippen LogP contribution in [0.3, 0.4) is 0 Å². The van der Waals surface area contributed by atoms with E-state index in [1.54, 1.807) is 17.2 Å². The van der Waals surface area contributed by atoms with Gasteiger partial charge in [0.1, 0.15) is 0 Å². The van der Waals surface area contributed by atoms with E-state index in [1.165, 1.54) is 0 Å². The van der Waals surface area contributed by atoms with E-state index in [0.717, 1.165) is 16.8 Å². The maximum Gasteiger partial charge on any atom is 0.290 e. The number of H-pyrrole nitrogens is 1. The van der Waals surface area contributed by atoms with Gasteiger partial charge in [-0.2, -0.15) is 0 Å². The van der Waals surface area contributed by atoms with Crippen molar-refractivity contribution in [2.75, 3.05) is 6.54 Å². The first kappa shape index (κ1) is 16.4. The first-order valence-corrected chi connectivity index (χ1v) is 7.99. The first-order valence-electron chi connectivity index (χ1n) is 7.62. The molecule has 3 rings (SSSR count). The van der Waals surface area contributed by atoms with Crippen LogP contribution in [0, 0.1) is 6.92 Å². The number of aromatic amines is 1. The van der Waals surface area contributed by atoms with E-state index in [0.29, 0.717) is 29.2 Å². The van der Waals surface area contributed by atoms with Gasteiger partial charge >= 0.3 is 0 Å². The van der Waals surface area contributed by atoms with Gasteiger partial charge in [0.05, 0.1) is 16.6 Å². The summed E-state index contributed by atoms with van der Waals surface area (Å²) in [7, 11) is 0. The number of carbonyl (C=O) groups excluding carboxylic acids is 1. The molecule has 1 aliphatic rings. The van der Waals surface area contributed by atoms with Crippen LogP contribution in [-0.2, 0) is 0 Å². The number of hydrogen-bond donors (Lipinski definition) is 1. The lowest BCUT2D eigenvalue weighted by Crippen LogP contribution is -2.43. The molecule has 7 heteroatoms. The minimum Gasteiger partial charge on any atom is -0.332 e. The molecule has 1 unspecified atom stereocenters. The molecule has 1 atom stereocenters. The summed E-state index contributed by atoms with van der Waals surface area (Å²) in [5.41, 5.74) is 3.79. The molecule has 2 aromatic rings. The zero-order valence-electron chi connectivity index (χ0n) is 13.6. The Morgan fingerprint density at radius 3 is 3.00 bits per heavy atom. The van der Waals surface area contributed by atoms with Crippen molar-refractivity contribution < 1.29 is 4.79 Å². The van der Waals surface area contributed by atoms with E-state index in [1.807, 2.05) is 13.8 Å². The zero-order valence-corrected chi connectivity index (χ0v) is 14.4. The van der Waals surface area contributed by atoms with Crippen LogP contribution in [0.1, 0.15) is 29.5 Å². The third kappa shape index (κ3) is 2.53. The number of imidazole rings is 1. The fourth-order valence-electron chi connectivity index (χ4n) is 3.00. The second kappa shape index (κ2) is 6.20. The van der Waals surface area contributed by atoms with Gasteiger partial charge in [-0.1, -0.05) is 24.3 Å². The van der Waals surface area contributed by atoms with Crippen molar-refractivity contribution in [3.05, 3.63) is 46.5 Å². The van der Waals surface area contributed by atoms with E-state index in [9.17, 15) is 4.79 Å². The van der Waals surface area contributed by atoms with Gasteiger partial charge in [-0.3, -0.25) is 9.79 Å². The SMILES string of the molecule is C=CC1=C(N=C)CCN(C(=O)c2nc3ncc(Cl)c(C)c3[nH]2)C1C. The van der Waals surface area contributed by atoms with Crippen molar-refractivity contribution in [1.82, 2.24) is 19.9 Å². The summed E-state index contributed by atoms with van der Waals surface area (Å²) in [5.74, 6) is 0.0756. The molecule has 6 nitrogen and oxygen atoms in total. The molecule has 1 aliphatic heterocycles. The lowest BCUT2D eigenvalue weighted by molar-refractivity contribution is 0.0698. The minimum atomic E-state index is -0.182. The zero-order chi connectivity index (χ0) is 17.4. The number of fused-ring (bicyclic) bond motifs is 1. The number of carbonyl (C=O) groups is 1. The number of pyridine rings is 1. The van der Waals surface area contributed by atoms with Gasteiger partial charge in [0, 0.05) is 24.9 Å². The van der Waals surface area contributed by atoms with Gasteiger partial charge in [-0.15, -0.1) is 0 Å². The molecule has 24 heavy (non-hydrogen) atoms. The monoisotopic (exact) mass is 343 g/mol. The van der Waals surface area contributed by atoms with E-state index < -0.39 is 0 Å². The van der Waals surface area contributed by atoms with Crippen molar-refractivity contribution in [3.8, 4) is 0 Å². The number of nitrogens with one attached hydrogen (secondary N) is 1. The van der Waals surface area contributed by atoms with Gasteiger partial charge in [-0.05, 0) is 31.7 Å². The number of aromatic nitrogens is 3. The molecule has 0 radical (unpaired) electrons. The Balaban J connectivity index is 1.98. The van der Waals surface area contributed by atoms with E-state index >= 15 is 0 Å². The number of halogens is 1. The molecule has 0 spiro atoms. The molecule has 0 saturated heterocycles. The largest absolute Gasteiger partial charge is 0.332 e. The number of aliphatic imine (C=N–C) groups is 1. The second-order valence-electron chi connectivity index (χ2n) is 5.70. The van der Waals surface area contributed by atoms with Crippen molar-refractivity contribution in [2.45, 2.75) is 26.3 Å². The molecule has 0 bridgehead atoms. The summed E-state index contributed by atoms with van der Waals surface area (Å²) in [6.45, 7) is 11.8. The van der Waals surface area contributed by atoms with Crippen molar-refractivity contribution >= 4 is 35.4 Å². The summed E-state index contributed by atoms with van der Waals surface area (Å²) in [5, 5.41) is 0.537. The topological polar surface area (TPSA) is 74.2 Å². The highest BCUT2D eigenvalue weighted by molar-refractivity contribution is 6.31. The fraction of sp³-hybridized carbons (Fsp3) is 0.294. The Kier molecular flexibility index (Phi) is 4.24. The molecule has 1 N–H and O–H groups in total. The maximum atomic E-state index is 12.9. The molecule has 3 heterocycles. The molecule has 124 valence electrons. The predicted octanol–water partition coefficient (Wildman–Crippen LogP) is 3.29. The minimum absolute atomic E-state index is 0.143. The summed E-state index contributed by atoms with van der Waals surface area (Å²) in [4.78, 5) is 30.2. The Morgan fingerprint density at radius 2 is 2.33 bits per heavy atom. The Labute approximate surface area is 145 Å². The molecule has 0 saturated carbocycles. The van der Waals surface area contributed by atoms with Crippen LogP contribution in [0.25, 0.3) is 11.2 Å². The molecule has 2 aromatic heterocycles. The van der Waals surface area contributed by atoms with Crippen LogP contribution in [0.2, 0.25) is 5.02 Å². The first-order chi connectivity index (χ1) is 11.5. The molecular weight excluding hydrogens is 326 g/mol. The van der Waals surface area contributed by atoms with Gasteiger partial charge in [0.25, 0.3) is 5.91 Å². The standard InChI is InChI=1S/C17H18ClN5O/c1-5-11-10(3)23(7-6-13(11)19-4)17(24)16-21-14-9(2)12(18)8-20-15(14)22-16/h5,8,10H,1,4,6-7H2,2-3H3,(H,20,21,22). The summed E-state index contributed by atoms with van der Waals surface area (Å²) < 4.78 is 0. The van der Waals surface area contributed by atoms with Gasteiger partial charge < -0.3 is 9.88 Å². The van der Waals surface area contributed by atoms with Crippen LogP contribution in [-0.4, -0.2) is 45.1 Å². The van der Waals surface area contributed by atoms with Crippen molar-refractivity contribution in [1.29, 1.82) is 0 Å². The smallest absolute Gasteiger partial charge is 0.290 e. The molecule has 0 fully saturated rings. The maximum absolute atomic E-state index is 12.9. The van der Waals surface area contributed by atoms with Crippen LogP contribution < -0.4 is 0 Å². The number of nitrogens with zero attached hydrogens (tertiary/aromatic N) is 4.